The summed E-state index contributed by atoms with van der Waals surface area (Å²) in [4.78, 5) is 12.3. The molecule has 2 aromatic carbocycles. The topological polar surface area (TPSA) is 67.2 Å². The van der Waals surface area contributed by atoms with E-state index in [1.807, 2.05) is 19.1 Å². The maximum absolute atomic E-state index is 12.3. The quantitative estimate of drug-likeness (QED) is 0.577. The van der Waals surface area contributed by atoms with Crippen LogP contribution in [0.4, 0.5) is 11.4 Å². The molecule has 0 heterocycles. The summed E-state index contributed by atoms with van der Waals surface area (Å²) in [6.07, 6.45) is 0. The SMILES string of the molecule is Cc1ccc(C(=O)Nc2cccc(Cl)c2Br)c(NN)c1. The van der Waals surface area contributed by atoms with Crippen molar-refractivity contribution in [3.63, 3.8) is 0 Å². The number of carbonyl (C=O) groups is 1. The monoisotopic (exact) mass is 353 g/mol. The number of carbonyl (C=O) groups excluding carboxylic acids is 1. The fourth-order valence-electron chi connectivity index (χ4n) is 1.77. The predicted molar refractivity (Wildman–Crippen MR) is 86.1 cm³/mol. The molecule has 1 amide bonds. The highest BCUT2D eigenvalue weighted by atomic mass is 79.9. The van der Waals surface area contributed by atoms with Gasteiger partial charge in [-0.1, -0.05) is 23.7 Å². The van der Waals surface area contributed by atoms with E-state index in [-0.39, 0.29) is 5.91 Å². The van der Waals surface area contributed by atoms with Crippen molar-refractivity contribution in [2.75, 3.05) is 10.7 Å². The van der Waals surface area contributed by atoms with Gasteiger partial charge in [0.05, 0.1) is 26.4 Å². The standard InChI is InChI=1S/C14H13BrClN3O/c1-8-5-6-9(12(7-8)19-17)14(20)18-11-4-2-3-10(16)13(11)15/h2-7,19H,17H2,1H3,(H,18,20). The van der Waals surface area contributed by atoms with E-state index in [0.29, 0.717) is 26.4 Å². The number of hydrogen-bond acceptors (Lipinski definition) is 3. The molecule has 0 saturated carbocycles. The molecule has 4 nitrogen and oxygen atoms in total. The van der Waals surface area contributed by atoms with Gasteiger partial charge in [0, 0.05) is 0 Å². The highest BCUT2D eigenvalue weighted by Crippen LogP contribution is 2.30. The number of rotatable bonds is 3. The molecule has 6 heteroatoms. The van der Waals surface area contributed by atoms with Crippen LogP contribution in [0.2, 0.25) is 5.02 Å². The van der Waals surface area contributed by atoms with Crippen LogP contribution < -0.4 is 16.6 Å². The lowest BCUT2D eigenvalue weighted by Gasteiger charge is -2.12. The Balaban J connectivity index is 2.31. The molecule has 4 N–H and O–H groups in total. The molecule has 0 saturated heterocycles. The number of hydrogen-bond donors (Lipinski definition) is 3. The Bertz CT molecular complexity index is 661. The highest BCUT2D eigenvalue weighted by Gasteiger charge is 2.13. The molecule has 0 unspecified atom stereocenters. The van der Waals surface area contributed by atoms with Gasteiger partial charge >= 0.3 is 0 Å². The summed E-state index contributed by atoms with van der Waals surface area (Å²) in [5.41, 5.74) is 5.18. The van der Waals surface area contributed by atoms with E-state index in [4.69, 9.17) is 17.4 Å². The largest absolute Gasteiger partial charge is 0.323 e. The smallest absolute Gasteiger partial charge is 0.257 e. The van der Waals surface area contributed by atoms with Crippen molar-refractivity contribution < 1.29 is 4.79 Å². The van der Waals surface area contributed by atoms with Crippen LogP contribution >= 0.6 is 27.5 Å². The average molecular weight is 355 g/mol. The normalized spacial score (nSPS) is 10.2. The number of aryl methyl sites for hydroxylation is 1. The maximum atomic E-state index is 12.3. The van der Waals surface area contributed by atoms with Gasteiger partial charge in [0.15, 0.2) is 0 Å². The molecule has 0 fully saturated rings. The Kier molecular flexibility index (Phi) is 4.65. The van der Waals surface area contributed by atoms with Crippen LogP contribution in [0.1, 0.15) is 15.9 Å². The van der Waals surface area contributed by atoms with Crippen LogP contribution in [-0.2, 0) is 0 Å². The molecular formula is C14H13BrClN3O. The van der Waals surface area contributed by atoms with Crippen LogP contribution in [0.5, 0.6) is 0 Å². The number of benzene rings is 2. The number of nitrogens with two attached hydrogens (primary N) is 1. The van der Waals surface area contributed by atoms with Gasteiger partial charge in [0.25, 0.3) is 5.91 Å². The summed E-state index contributed by atoms with van der Waals surface area (Å²) < 4.78 is 0.643. The second-order valence-corrected chi connectivity index (χ2v) is 5.45. The van der Waals surface area contributed by atoms with E-state index in [1.54, 1.807) is 24.3 Å². The van der Waals surface area contributed by atoms with Gasteiger partial charge in [0.1, 0.15) is 0 Å². The first-order valence-corrected chi connectivity index (χ1v) is 7.02. The third kappa shape index (κ3) is 3.12. The van der Waals surface area contributed by atoms with Crippen molar-refractivity contribution in [3.8, 4) is 0 Å². The van der Waals surface area contributed by atoms with Crippen molar-refractivity contribution in [3.05, 3.63) is 57.0 Å². The molecule has 0 aliphatic rings. The summed E-state index contributed by atoms with van der Waals surface area (Å²) in [5, 5.41) is 3.33. The van der Waals surface area contributed by atoms with Crippen molar-refractivity contribution in [2.24, 2.45) is 5.84 Å². The lowest BCUT2D eigenvalue weighted by atomic mass is 10.1. The molecule has 0 radical (unpaired) electrons. The zero-order valence-corrected chi connectivity index (χ0v) is 13.0. The number of amides is 1. The summed E-state index contributed by atoms with van der Waals surface area (Å²) in [6.45, 7) is 1.93. The van der Waals surface area contributed by atoms with Crippen LogP contribution in [0.25, 0.3) is 0 Å². The predicted octanol–water partition coefficient (Wildman–Crippen LogP) is 3.95. The molecule has 104 valence electrons. The number of anilines is 2. The summed E-state index contributed by atoms with van der Waals surface area (Å²) in [6, 6.07) is 10.6. The van der Waals surface area contributed by atoms with E-state index >= 15 is 0 Å². The number of halogens is 2. The molecule has 0 atom stereocenters. The molecule has 0 aromatic heterocycles. The van der Waals surface area contributed by atoms with Crippen LogP contribution in [-0.4, -0.2) is 5.91 Å². The van der Waals surface area contributed by atoms with Crippen molar-refractivity contribution in [1.29, 1.82) is 0 Å². The van der Waals surface area contributed by atoms with Gasteiger partial charge in [-0.2, -0.15) is 0 Å². The fraction of sp³-hybridized carbons (Fsp3) is 0.0714. The molecule has 0 aliphatic heterocycles. The third-order valence-electron chi connectivity index (χ3n) is 2.77. The van der Waals surface area contributed by atoms with E-state index < -0.39 is 0 Å². The highest BCUT2D eigenvalue weighted by molar-refractivity contribution is 9.10. The molecule has 0 aliphatic carbocycles. The Morgan fingerprint density at radius 3 is 2.70 bits per heavy atom. The van der Waals surface area contributed by atoms with E-state index in [0.717, 1.165) is 5.56 Å². The Morgan fingerprint density at radius 2 is 2.00 bits per heavy atom. The van der Waals surface area contributed by atoms with Crippen LogP contribution in [0, 0.1) is 6.92 Å². The Labute approximate surface area is 130 Å². The molecule has 2 rings (SSSR count). The lowest BCUT2D eigenvalue weighted by Crippen LogP contribution is -2.17. The first kappa shape index (κ1) is 14.8. The Morgan fingerprint density at radius 1 is 1.25 bits per heavy atom. The van der Waals surface area contributed by atoms with Crippen molar-refractivity contribution in [1.82, 2.24) is 0 Å². The molecule has 20 heavy (non-hydrogen) atoms. The fourth-order valence-corrected chi connectivity index (χ4v) is 2.30. The van der Waals surface area contributed by atoms with Gasteiger partial charge in [-0.3, -0.25) is 10.6 Å². The minimum Gasteiger partial charge on any atom is -0.323 e. The second kappa shape index (κ2) is 6.26. The summed E-state index contributed by atoms with van der Waals surface area (Å²) >= 11 is 9.33. The van der Waals surface area contributed by atoms with Gasteiger partial charge in [-0.25, -0.2) is 0 Å². The molecule has 2 aromatic rings. The summed E-state index contributed by atoms with van der Waals surface area (Å²) in [7, 11) is 0. The Hall–Kier alpha value is -1.56. The van der Waals surface area contributed by atoms with Gasteiger partial charge in [-0.15, -0.1) is 0 Å². The van der Waals surface area contributed by atoms with Crippen molar-refractivity contribution in [2.45, 2.75) is 6.92 Å². The average Bonchev–Trinajstić information content (AvgIpc) is 2.43. The number of hydrazine groups is 1. The van der Waals surface area contributed by atoms with Crippen LogP contribution in [0.15, 0.2) is 40.9 Å². The first-order chi connectivity index (χ1) is 9.52. The second-order valence-electron chi connectivity index (χ2n) is 4.25. The first-order valence-electron chi connectivity index (χ1n) is 5.85. The summed E-state index contributed by atoms with van der Waals surface area (Å²) in [5.74, 6) is 5.18. The van der Waals surface area contributed by atoms with Gasteiger partial charge in [-0.05, 0) is 52.7 Å². The lowest BCUT2D eigenvalue weighted by molar-refractivity contribution is 0.102. The van der Waals surface area contributed by atoms with Gasteiger partial charge < -0.3 is 10.7 Å². The minimum absolute atomic E-state index is 0.263. The third-order valence-corrected chi connectivity index (χ3v) is 4.17. The number of nitrogens with one attached hydrogen (secondary N) is 2. The molecule has 0 spiro atoms. The zero-order chi connectivity index (χ0) is 14.7. The number of nitrogen functional groups attached to an aromatic ring is 1. The van der Waals surface area contributed by atoms with Crippen molar-refractivity contribution >= 4 is 44.8 Å². The van der Waals surface area contributed by atoms with E-state index in [9.17, 15) is 4.79 Å². The minimum atomic E-state index is -0.263. The molecule has 0 bridgehead atoms. The van der Waals surface area contributed by atoms with E-state index in [1.165, 1.54) is 0 Å². The van der Waals surface area contributed by atoms with Gasteiger partial charge in [0.2, 0.25) is 0 Å². The zero-order valence-electron chi connectivity index (χ0n) is 10.7. The van der Waals surface area contributed by atoms with E-state index in [2.05, 4.69) is 26.7 Å². The molecular weight excluding hydrogens is 342 g/mol. The maximum Gasteiger partial charge on any atom is 0.257 e. The van der Waals surface area contributed by atoms with Crippen LogP contribution in [0.3, 0.4) is 0 Å².